The van der Waals surface area contributed by atoms with Crippen LogP contribution in [0, 0.1) is 18.3 Å². The lowest BCUT2D eigenvalue weighted by atomic mass is 10.1. The van der Waals surface area contributed by atoms with Gasteiger partial charge in [-0.1, -0.05) is 18.2 Å². The van der Waals surface area contributed by atoms with Crippen LogP contribution < -0.4 is 4.72 Å². The van der Waals surface area contributed by atoms with Gasteiger partial charge in [-0.05, 0) is 43.3 Å². The first-order chi connectivity index (χ1) is 11.7. The Morgan fingerprint density at radius 2 is 1.88 bits per heavy atom. The van der Waals surface area contributed by atoms with Gasteiger partial charge < -0.3 is 0 Å². The van der Waals surface area contributed by atoms with E-state index in [1.807, 2.05) is 31.2 Å². The summed E-state index contributed by atoms with van der Waals surface area (Å²) < 4.78 is 15.2. The number of aryl methyl sites for hydroxylation is 1. The van der Waals surface area contributed by atoms with Gasteiger partial charge in [-0.25, -0.2) is 9.19 Å². The highest BCUT2D eigenvalue weighted by Crippen LogP contribution is 2.19. The molecule has 24 heavy (non-hydrogen) atoms. The lowest BCUT2D eigenvalue weighted by molar-refractivity contribution is 0.686. The average molecular weight is 334 g/mol. The van der Waals surface area contributed by atoms with Gasteiger partial charge in [0.15, 0.2) is 11.0 Å². The van der Waals surface area contributed by atoms with Crippen LogP contribution in [0.2, 0.25) is 0 Å². The minimum absolute atomic E-state index is 0.560. The van der Waals surface area contributed by atoms with E-state index in [-0.39, 0.29) is 0 Å². The van der Waals surface area contributed by atoms with Crippen molar-refractivity contribution in [3.8, 4) is 17.3 Å². The van der Waals surface area contributed by atoms with E-state index in [4.69, 9.17) is 5.26 Å². The highest BCUT2D eigenvalue weighted by atomic mass is 32.2. The number of nitrogens with zero attached hydrogens (tertiary/aromatic N) is 3. The SMILES string of the molecule is Cc1cccc(NS(=O)c2ccc(-c3ccc(C#N)cc3)nc2)n1. The van der Waals surface area contributed by atoms with E-state index in [9.17, 15) is 4.21 Å². The van der Waals surface area contributed by atoms with Gasteiger partial charge in [0.2, 0.25) is 0 Å². The molecule has 3 aromatic rings. The van der Waals surface area contributed by atoms with Crippen LogP contribution in [0.15, 0.2) is 65.7 Å². The Hall–Kier alpha value is -3.04. The number of anilines is 1. The first-order valence-electron chi connectivity index (χ1n) is 7.24. The molecular formula is C18H14N4OS. The van der Waals surface area contributed by atoms with E-state index >= 15 is 0 Å². The van der Waals surface area contributed by atoms with Crippen molar-refractivity contribution in [2.45, 2.75) is 11.8 Å². The summed E-state index contributed by atoms with van der Waals surface area (Å²) in [6, 6.07) is 18.3. The molecule has 0 saturated heterocycles. The zero-order valence-corrected chi connectivity index (χ0v) is 13.7. The van der Waals surface area contributed by atoms with Crippen LogP contribution >= 0.6 is 0 Å². The lowest BCUT2D eigenvalue weighted by Crippen LogP contribution is -2.06. The van der Waals surface area contributed by atoms with Crippen molar-refractivity contribution < 1.29 is 4.21 Å². The van der Waals surface area contributed by atoms with E-state index in [0.29, 0.717) is 16.3 Å². The van der Waals surface area contributed by atoms with Crippen molar-refractivity contribution in [2.24, 2.45) is 0 Å². The Bertz CT molecular complexity index is 915. The molecule has 0 aliphatic heterocycles. The van der Waals surface area contributed by atoms with E-state index in [1.54, 1.807) is 36.5 Å². The summed E-state index contributed by atoms with van der Waals surface area (Å²) in [4.78, 5) is 9.18. The quantitative estimate of drug-likeness (QED) is 0.792. The normalized spacial score (nSPS) is 11.5. The number of hydrogen-bond acceptors (Lipinski definition) is 4. The van der Waals surface area contributed by atoms with E-state index in [0.717, 1.165) is 17.0 Å². The predicted octanol–water partition coefficient (Wildman–Crippen LogP) is 3.46. The number of nitrogens with one attached hydrogen (secondary N) is 1. The molecule has 1 atom stereocenters. The first-order valence-corrected chi connectivity index (χ1v) is 8.39. The monoisotopic (exact) mass is 334 g/mol. The number of rotatable bonds is 4. The van der Waals surface area contributed by atoms with Gasteiger partial charge in [0.25, 0.3) is 0 Å². The molecule has 1 unspecified atom stereocenters. The molecule has 3 rings (SSSR count). The summed E-state index contributed by atoms with van der Waals surface area (Å²) in [5, 5.41) is 8.82. The molecule has 0 bridgehead atoms. The van der Waals surface area contributed by atoms with Gasteiger partial charge in [-0.3, -0.25) is 9.71 Å². The van der Waals surface area contributed by atoms with Gasteiger partial charge in [-0.2, -0.15) is 5.26 Å². The van der Waals surface area contributed by atoms with Crippen LogP contribution in [0.4, 0.5) is 5.82 Å². The summed E-state index contributed by atoms with van der Waals surface area (Å²) in [6.07, 6.45) is 1.58. The Kier molecular flexibility index (Phi) is 4.64. The summed E-state index contributed by atoms with van der Waals surface area (Å²) >= 11 is 0. The molecule has 1 N–H and O–H groups in total. The van der Waals surface area contributed by atoms with Crippen LogP contribution in [0.25, 0.3) is 11.3 Å². The van der Waals surface area contributed by atoms with E-state index in [1.165, 1.54) is 0 Å². The highest BCUT2D eigenvalue weighted by Gasteiger charge is 2.07. The molecule has 0 saturated carbocycles. The molecular weight excluding hydrogens is 320 g/mol. The Labute approximate surface area is 142 Å². The fourth-order valence-corrected chi connectivity index (χ4v) is 2.89. The number of pyridine rings is 2. The molecule has 0 amide bonds. The summed E-state index contributed by atoms with van der Waals surface area (Å²) in [5.41, 5.74) is 3.12. The van der Waals surface area contributed by atoms with Gasteiger partial charge >= 0.3 is 0 Å². The molecule has 0 radical (unpaired) electrons. The maximum Gasteiger partial charge on any atom is 0.153 e. The topological polar surface area (TPSA) is 78.7 Å². The van der Waals surface area contributed by atoms with Gasteiger partial charge in [0.1, 0.15) is 5.82 Å². The number of benzene rings is 1. The third-order valence-corrected chi connectivity index (χ3v) is 4.41. The first kappa shape index (κ1) is 15.8. The zero-order chi connectivity index (χ0) is 16.9. The van der Waals surface area contributed by atoms with E-state index < -0.39 is 11.0 Å². The Morgan fingerprint density at radius 3 is 2.50 bits per heavy atom. The minimum atomic E-state index is -1.43. The smallest absolute Gasteiger partial charge is 0.153 e. The van der Waals surface area contributed by atoms with Crippen LogP contribution in [-0.4, -0.2) is 14.2 Å². The van der Waals surface area contributed by atoms with Gasteiger partial charge in [0, 0.05) is 17.5 Å². The fraction of sp³-hybridized carbons (Fsp3) is 0.0556. The van der Waals surface area contributed by atoms with Crippen molar-refractivity contribution in [3.05, 3.63) is 72.1 Å². The molecule has 6 heteroatoms. The third-order valence-electron chi connectivity index (χ3n) is 3.35. The highest BCUT2D eigenvalue weighted by molar-refractivity contribution is 7.86. The van der Waals surface area contributed by atoms with Gasteiger partial charge in [0.05, 0.1) is 22.2 Å². The zero-order valence-electron chi connectivity index (χ0n) is 12.9. The maximum absolute atomic E-state index is 12.3. The van der Waals surface area contributed by atoms with Crippen LogP contribution in [0.1, 0.15) is 11.3 Å². The molecule has 2 aromatic heterocycles. The second kappa shape index (κ2) is 7.02. The number of hydrogen-bond donors (Lipinski definition) is 1. The summed E-state index contributed by atoms with van der Waals surface area (Å²) in [6.45, 7) is 1.88. The standard InChI is InChI=1S/C18H14N4OS/c1-13-3-2-4-18(21-13)22-24(23)16-9-10-17(20-12-16)15-7-5-14(11-19)6-8-15/h2-10,12H,1H3,(H,21,22). The minimum Gasteiger partial charge on any atom is -0.285 e. The molecule has 0 fully saturated rings. The summed E-state index contributed by atoms with van der Waals surface area (Å²) in [5.74, 6) is 0.560. The van der Waals surface area contributed by atoms with Crippen molar-refractivity contribution in [1.82, 2.24) is 9.97 Å². The van der Waals surface area contributed by atoms with Crippen LogP contribution in [0.3, 0.4) is 0 Å². The molecule has 118 valence electrons. The second-order valence-corrected chi connectivity index (χ2v) is 6.32. The second-order valence-electron chi connectivity index (χ2n) is 5.10. The molecule has 2 heterocycles. The van der Waals surface area contributed by atoms with Crippen molar-refractivity contribution in [1.29, 1.82) is 5.26 Å². The van der Waals surface area contributed by atoms with Crippen molar-refractivity contribution >= 4 is 16.8 Å². The lowest BCUT2D eigenvalue weighted by Gasteiger charge is -2.07. The Morgan fingerprint density at radius 1 is 1.08 bits per heavy atom. The molecule has 0 aliphatic carbocycles. The molecule has 0 spiro atoms. The van der Waals surface area contributed by atoms with Crippen molar-refractivity contribution in [2.75, 3.05) is 4.72 Å². The molecule has 1 aromatic carbocycles. The Balaban J connectivity index is 1.76. The largest absolute Gasteiger partial charge is 0.285 e. The average Bonchev–Trinajstić information content (AvgIpc) is 2.62. The summed E-state index contributed by atoms with van der Waals surface area (Å²) in [7, 11) is -1.43. The van der Waals surface area contributed by atoms with Crippen molar-refractivity contribution in [3.63, 3.8) is 0 Å². The van der Waals surface area contributed by atoms with E-state index in [2.05, 4.69) is 20.8 Å². The van der Waals surface area contributed by atoms with Gasteiger partial charge in [-0.15, -0.1) is 0 Å². The maximum atomic E-state index is 12.3. The number of nitriles is 1. The fourth-order valence-electron chi connectivity index (χ4n) is 2.13. The molecule has 0 aliphatic rings. The molecule has 5 nitrogen and oxygen atoms in total. The van der Waals surface area contributed by atoms with Crippen LogP contribution in [-0.2, 0) is 11.0 Å². The number of aromatic nitrogens is 2. The third kappa shape index (κ3) is 3.65. The predicted molar refractivity (Wildman–Crippen MR) is 93.4 cm³/mol. The van der Waals surface area contributed by atoms with Crippen LogP contribution in [0.5, 0.6) is 0 Å².